The van der Waals surface area contributed by atoms with Gasteiger partial charge in [0.1, 0.15) is 5.52 Å². The quantitative estimate of drug-likeness (QED) is 0.541. The molecule has 2 heterocycles. The van der Waals surface area contributed by atoms with Gasteiger partial charge in [0, 0.05) is 25.1 Å². The molecule has 1 aromatic heterocycles. The van der Waals surface area contributed by atoms with Crippen molar-refractivity contribution in [1.82, 2.24) is 9.88 Å². The summed E-state index contributed by atoms with van der Waals surface area (Å²) in [7, 11) is 0. The van der Waals surface area contributed by atoms with Crippen LogP contribution in [-0.4, -0.2) is 28.9 Å². The predicted molar refractivity (Wildman–Crippen MR) is 108 cm³/mol. The normalized spacial score (nSPS) is 15.7. The highest BCUT2D eigenvalue weighted by Crippen LogP contribution is 2.30. The van der Waals surface area contributed by atoms with Gasteiger partial charge in [-0.25, -0.2) is 4.98 Å². The first-order chi connectivity index (χ1) is 13.1. The Balaban J connectivity index is 1.37. The number of carbonyl (C=O) groups excluding carboxylic acids is 1. The van der Waals surface area contributed by atoms with E-state index in [2.05, 4.69) is 4.98 Å². The van der Waals surface area contributed by atoms with E-state index < -0.39 is 0 Å². The molecule has 0 radical (unpaired) electrons. The molecule has 0 atom stereocenters. The van der Waals surface area contributed by atoms with E-state index in [1.807, 2.05) is 35.2 Å². The van der Waals surface area contributed by atoms with Crippen molar-refractivity contribution in [1.29, 1.82) is 0 Å². The summed E-state index contributed by atoms with van der Waals surface area (Å²) in [6.45, 7) is 1.38. The van der Waals surface area contributed by atoms with Crippen LogP contribution in [0, 0.1) is 0 Å². The van der Waals surface area contributed by atoms with Crippen LogP contribution < -0.4 is 0 Å². The molecule has 1 aliphatic rings. The van der Waals surface area contributed by atoms with Crippen molar-refractivity contribution < 1.29 is 9.21 Å². The number of piperidine rings is 1. The molecular formula is C21H18Cl2N2O2. The lowest BCUT2D eigenvalue weighted by atomic mass is 9.96. The molecule has 4 rings (SSSR count). The summed E-state index contributed by atoms with van der Waals surface area (Å²) in [5.74, 6) is 1.02. The Kier molecular flexibility index (Phi) is 5.19. The molecule has 0 aliphatic carbocycles. The first-order valence-corrected chi connectivity index (χ1v) is 9.63. The standard InChI is InChI=1S/C21H18Cl2N2O2/c22-16-7-5-14(13-17(16)23)6-8-20(26)25-11-9-15(10-12-25)21-24-18-3-1-2-4-19(18)27-21/h1-8,13,15H,9-12H2/b8-6+. The van der Waals surface area contributed by atoms with Crippen molar-refractivity contribution in [2.24, 2.45) is 0 Å². The van der Waals surface area contributed by atoms with Gasteiger partial charge in [-0.1, -0.05) is 41.4 Å². The number of halogens is 2. The zero-order valence-electron chi connectivity index (χ0n) is 14.6. The van der Waals surface area contributed by atoms with Gasteiger partial charge in [0.15, 0.2) is 11.5 Å². The number of oxazole rings is 1. The summed E-state index contributed by atoms with van der Waals surface area (Å²) in [6, 6.07) is 13.1. The lowest BCUT2D eigenvalue weighted by Crippen LogP contribution is -2.36. The molecule has 1 aliphatic heterocycles. The van der Waals surface area contributed by atoms with Gasteiger partial charge in [-0.15, -0.1) is 0 Å². The molecule has 1 saturated heterocycles. The third-order valence-electron chi connectivity index (χ3n) is 4.83. The van der Waals surface area contributed by atoms with Crippen molar-refractivity contribution in [3.63, 3.8) is 0 Å². The number of benzene rings is 2. The van der Waals surface area contributed by atoms with Crippen LogP contribution in [0.4, 0.5) is 0 Å². The lowest BCUT2D eigenvalue weighted by molar-refractivity contribution is -0.127. The minimum atomic E-state index is -0.00270. The van der Waals surface area contributed by atoms with Gasteiger partial charge in [0.05, 0.1) is 10.0 Å². The molecule has 2 aromatic carbocycles. The number of fused-ring (bicyclic) bond motifs is 1. The SMILES string of the molecule is O=C(/C=C/c1ccc(Cl)c(Cl)c1)N1CCC(c2nc3ccccc3o2)CC1. The van der Waals surface area contributed by atoms with Crippen molar-refractivity contribution in [3.8, 4) is 0 Å². The Hall–Kier alpha value is -2.30. The summed E-state index contributed by atoms with van der Waals surface area (Å²) in [5.41, 5.74) is 2.55. The summed E-state index contributed by atoms with van der Waals surface area (Å²) in [5, 5.41) is 0.979. The van der Waals surface area contributed by atoms with Gasteiger partial charge in [-0.05, 0) is 48.7 Å². The second-order valence-corrected chi connectivity index (χ2v) is 7.44. The van der Waals surface area contributed by atoms with Gasteiger partial charge in [-0.3, -0.25) is 4.79 Å². The Labute approximate surface area is 167 Å². The van der Waals surface area contributed by atoms with Crippen LogP contribution in [0.15, 0.2) is 53.0 Å². The molecule has 0 N–H and O–H groups in total. The molecule has 6 heteroatoms. The molecule has 1 fully saturated rings. The van der Waals surface area contributed by atoms with Gasteiger partial charge in [0.25, 0.3) is 0 Å². The molecule has 0 unspecified atom stereocenters. The van der Waals surface area contributed by atoms with Crippen LogP contribution in [0.5, 0.6) is 0 Å². The number of amides is 1. The maximum Gasteiger partial charge on any atom is 0.246 e. The third-order valence-corrected chi connectivity index (χ3v) is 5.57. The molecule has 138 valence electrons. The number of hydrogen-bond acceptors (Lipinski definition) is 3. The third kappa shape index (κ3) is 4.02. The Morgan fingerprint density at radius 2 is 1.89 bits per heavy atom. The van der Waals surface area contributed by atoms with E-state index in [0.717, 1.165) is 35.4 Å². The molecule has 4 nitrogen and oxygen atoms in total. The fourth-order valence-corrected chi connectivity index (χ4v) is 3.61. The second kappa shape index (κ2) is 7.75. The first kappa shape index (κ1) is 18.1. The van der Waals surface area contributed by atoms with E-state index in [1.54, 1.807) is 24.3 Å². The Morgan fingerprint density at radius 3 is 2.63 bits per heavy atom. The number of nitrogens with zero attached hydrogens (tertiary/aromatic N) is 2. The first-order valence-electron chi connectivity index (χ1n) is 8.87. The fourth-order valence-electron chi connectivity index (χ4n) is 3.30. The average molecular weight is 401 g/mol. The van der Waals surface area contributed by atoms with Crippen molar-refractivity contribution in [3.05, 3.63) is 70.0 Å². The Bertz CT molecular complexity index is 971. The van der Waals surface area contributed by atoms with Crippen LogP contribution in [0.25, 0.3) is 17.2 Å². The van der Waals surface area contributed by atoms with Crippen molar-refractivity contribution >= 4 is 46.3 Å². The van der Waals surface area contributed by atoms with Crippen LogP contribution in [0.1, 0.15) is 30.2 Å². The molecule has 0 saturated carbocycles. The molecule has 1 amide bonds. The predicted octanol–water partition coefficient (Wildman–Crippen LogP) is 5.55. The highest BCUT2D eigenvalue weighted by molar-refractivity contribution is 6.42. The van der Waals surface area contributed by atoms with E-state index in [-0.39, 0.29) is 11.8 Å². The lowest BCUT2D eigenvalue weighted by Gasteiger charge is -2.29. The van der Waals surface area contributed by atoms with E-state index in [1.165, 1.54) is 0 Å². The van der Waals surface area contributed by atoms with Crippen molar-refractivity contribution in [2.45, 2.75) is 18.8 Å². The van der Waals surface area contributed by atoms with Gasteiger partial charge in [-0.2, -0.15) is 0 Å². The van der Waals surface area contributed by atoms with E-state index in [0.29, 0.717) is 23.1 Å². The van der Waals surface area contributed by atoms with E-state index in [9.17, 15) is 4.79 Å². The molecule has 0 spiro atoms. The largest absolute Gasteiger partial charge is 0.440 e. The number of hydrogen-bond donors (Lipinski definition) is 0. The number of para-hydroxylation sites is 2. The monoisotopic (exact) mass is 400 g/mol. The highest BCUT2D eigenvalue weighted by Gasteiger charge is 2.26. The van der Waals surface area contributed by atoms with E-state index >= 15 is 0 Å². The number of rotatable bonds is 3. The highest BCUT2D eigenvalue weighted by atomic mass is 35.5. The summed E-state index contributed by atoms with van der Waals surface area (Å²) in [6.07, 6.45) is 5.04. The van der Waals surface area contributed by atoms with Crippen LogP contribution in [0.3, 0.4) is 0 Å². The topological polar surface area (TPSA) is 46.3 Å². The number of carbonyl (C=O) groups is 1. The summed E-state index contributed by atoms with van der Waals surface area (Å²) >= 11 is 11.9. The second-order valence-electron chi connectivity index (χ2n) is 6.63. The van der Waals surface area contributed by atoms with Crippen LogP contribution >= 0.6 is 23.2 Å². The number of likely N-dealkylation sites (tertiary alicyclic amines) is 1. The molecule has 27 heavy (non-hydrogen) atoms. The summed E-state index contributed by atoms with van der Waals surface area (Å²) in [4.78, 5) is 18.9. The maximum absolute atomic E-state index is 12.4. The minimum Gasteiger partial charge on any atom is -0.440 e. The zero-order valence-corrected chi connectivity index (χ0v) is 16.1. The minimum absolute atomic E-state index is 0.00270. The van der Waals surface area contributed by atoms with Crippen LogP contribution in [0.2, 0.25) is 10.0 Å². The van der Waals surface area contributed by atoms with Gasteiger partial charge < -0.3 is 9.32 Å². The maximum atomic E-state index is 12.4. The molecule has 3 aromatic rings. The van der Waals surface area contributed by atoms with Crippen LogP contribution in [-0.2, 0) is 4.79 Å². The number of aromatic nitrogens is 1. The van der Waals surface area contributed by atoms with Gasteiger partial charge in [0.2, 0.25) is 5.91 Å². The zero-order chi connectivity index (χ0) is 18.8. The molecule has 0 bridgehead atoms. The van der Waals surface area contributed by atoms with Gasteiger partial charge >= 0.3 is 0 Å². The van der Waals surface area contributed by atoms with Crippen molar-refractivity contribution in [2.75, 3.05) is 13.1 Å². The molecular weight excluding hydrogens is 383 g/mol. The Morgan fingerprint density at radius 1 is 1.11 bits per heavy atom. The average Bonchev–Trinajstić information content (AvgIpc) is 3.13. The van der Waals surface area contributed by atoms with E-state index in [4.69, 9.17) is 27.6 Å². The fraction of sp³-hybridized carbons (Fsp3) is 0.238. The smallest absolute Gasteiger partial charge is 0.246 e. The summed E-state index contributed by atoms with van der Waals surface area (Å²) < 4.78 is 5.88.